The van der Waals surface area contributed by atoms with E-state index < -0.39 is 0 Å². The zero-order valence-corrected chi connectivity index (χ0v) is 24.0. The first kappa shape index (κ1) is 25.8. The van der Waals surface area contributed by atoms with E-state index in [1.54, 1.807) is 0 Å². The molecule has 0 atom stereocenters. The van der Waals surface area contributed by atoms with Gasteiger partial charge in [-0.2, -0.15) is 0 Å². The molecule has 2 heterocycles. The van der Waals surface area contributed by atoms with Gasteiger partial charge in [0.2, 0.25) is 0 Å². The monoisotopic (exact) mass is 522 g/mol. The first-order valence-electron chi connectivity index (χ1n) is 13.8. The molecule has 40 heavy (non-hydrogen) atoms. The van der Waals surface area contributed by atoms with Crippen molar-refractivity contribution in [2.24, 2.45) is 0 Å². The Morgan fingerprint density at radius 1 is 0.475 bits per heavy atom. The standard InChI is InChI=1S/C36H34N4/c1-35(2,3)30-22-29(37-33(38-30)24-14-8-7-9-15-24)25-16-12-17-26(21-25)34-39-31-27-18-11-10-13-23(27)19-20-28(31)32(40-34)36(4,5)6/h7-22H,1-6H3. The SMILES string of the molecule is CC(C)(C)c1cc(-c2cccc(-c3nc(C(C)(C)C)c4ccc5ccccc5c4n3)c2)nc(-c2ccccc2)n1. The fraction of sp³-hybridized carbons (Fsp3) is 0.222. The molecule has 0 aliphatic carbocycles. The number of fused-ring (bicyclic) bond motifs is 3. The van der Waals surface area contributed by atoms with Gasteiger partial charge in [-0.15, -0.1) is 0 Å². The second kappa shape index (κ2) is 9.63. The van der Waals surface area contributed by atoms with Gasteiger partial charge >= 0.3 is 0 Å². The first-order valence-corrected chi connectivity index (χ1v) is 13.8. The van der Waals surface area contributed by atoms with E-state index in [-0.39, 0.29) is 10.8 Å². The van der Waals surface area contributed by atoms with Gasteiger partial charge in [0.15, 0.2) is 11.6 Å². The molecule has 6 aromatic rings. The molecule has 0 spiro atoms. The number of aromatic nitrogens is 4. The van der Waals surface area contributed by atoms with Crippen molar-refractivity contribution in [1.82, 2.24) is 19.9 Å². The maximum atomic E-state index is 5.16. The predicted octanol–water partition coefficient (Wildman–Crippen LogP) is 9.17. The first-order chi connectivity index (χ1) is 19.1. The summed E-state index contributed by atoms with van der Waals surface area (Å²) in [5.41, 5.74) is 6.65. The van der Waals surface area contributed by atoms with Crippen LogP contribution in [0.25, 0.3) is 55.7 Å². The Morgan fingerprint density at radius 2 is 1.15 bits per heavy atom. The highest BCUT2D eigenvalue weighted by Crippen LogP contribution is 2.35. The highest BCUT2D eigenvalue weighted by molar-refractivity contribution is 6.06. The average molecular weight is 523 g/mol. The number of nitrogens with zero attached hydrogens (tertiary/aromatic N) is 4. The van der Waals surface area contributed by atoms with E-state index >= 15 is 0 Å². The van der Waals surface area contributed by atoms with Crippen molar-refractivity contribution < 1.29 is 0 Å². The van der Waals surface area contributed by atoms with E-state index in [0.717, 1.165) is 61.7 Å². The lowest BCUT2D eigenvalue weighted by atomic mass is 9.88. The fourth-order valence-corrected chi connectivity index (χ4v) is 5.08. The lowest BCUT2D eigenvalue weighted by molar-refractivity contribution is 0.568. The van der Waals surface area contributed by atoms with Crippen LogP contribution in [0.1, 0.15) is 52.9 Å². The smallest absolute Gasteiger partial charge is 0.160 e. The fourth-order valence-electron chi connectivity index (χ4n) is 5.08. The summed E-state index contributed by atoms with van der Waals surface area (Å²) in [6.45, 7) is 13.2. The third kappa shape index (κ3) is 4.86. The molecule has 0 radical (unpaired) electrons. The van der Waals surface area contributed by atoms with Crippen LogP contribution in [0.2, 0.25) is 0 Å². The van der Waals surface area contributed by atoms with Crippen molar-refractivity contribution in [3.8, 4) is 34.0 Å². The van der Waals surface area contributed by atoms with Gasteiger partial charge < -0.3 is 0 Å². The Hall–Kier alpha value is -4.44. The average Bonchev–Trinajstić information content (AvgIpc) is 2.96. The minimum absolute atomic E-state index is 0.122. The van der Waals surface area contributed by atoms with Gasteiger partial charge in [0.05, 0.1) is 22.6 Å². The Balaban J connectivity index is 1.55. The van der Waals surface area contributed by atoms with Crippen molar-refractivity contribution in [2.75, 3.05) is 0 Å². The van der Waals surface area contributed by atoms with Gasteiger partial charge in [0, 0.05) is 38.3 Å². The molecule has 0 N–H and O–H groups in total. The molecule has 198 valence electrons. The zero-order chi connectivity index (χ0) is 28.1. The van der Waals surface area contributed by atoms with Crippen LogP contribution in [0.3, 0.4) is 0 Å². The molecule has 4 aromatic carbocycles. The Kier molecular flexibility index (Phi) is 6.22. The van der Waals surface area contributed by atoms with Crippen molar-refractivity contribution >= 4 is 21.7 Å². The van der Waals surface area contributed by atoms with Crippen molar-refractivity contribution in [3.05, 3.63) is 108 Å². The molecule has 0 unspecified atom stereocenters. The van der Waals surface area contributed by atoms with Gasteiger partial charge in [-0.1, -0.05) is 126 Å². The third-order valence-electron chi connectivity index (χ3n) is 7.24. The molecule has 4 heteroatoms. The van der Waals surface area contributed by atoms with Gasteiger partial charge in [0.1, 0.15) is 0 Å². The van der Waals surface area contributed by atoms with Crippen LogP contribution in [0.4, 0.5) is 0 Å². The lowest BCUT2D eigenvalue weighted by Crippen LogP contribution is -2.15. The molecule has 0 saturated carbocycles. The van der Waals surface area contributed by atoms with Crippen LogP contribution in [0.15, 0.2) is 97.1 Å². The Bertz CT molecular complexity index is 1860. The van der Waals surface area contributed by atoms with Crippen LogP contribution in [0, 0.1) is 0 Å². The molecule has 0 fully saturated rings. The molecule has 0 saturated heterocycles. The molecule has 6 rings (SSSR count). The quantitative estimate of drug-likeness (QED) is 0.217. The summed E-state index contributed by atoms with van der Waals surface area (Å²) < 4.78 is 0. The van der Waals surface area contributed by atoms with Crippen LogP contribution < -0.4 is 0 Å². The summed E-state index contributed by atoms with van der Waals surface area (Å²) in [6, 6.07) is 33.5. The molecule has 0 amide bonds. The number of hydrogen-bond acceptors (Lipinski definition) is 4. The highest BCUT2D eigenvalue weighted by atomic mass is 14.9. The number of benzene rings is 4. The van der Waals surface area contributed by atoms with Gasteiger partial charge in [0.25, 0.3) is 0 Å². The molecule has 0 aliphatic heterocycles. The summed E-state index contributed by atoms with van der Waals surface area (Å²) in [5.74, 6) is 1.46. The van der Waals surface area contributed by atoms with Crippen molar-refractivity contribution in [3.63, 3.8) is 0 Å². The summed E-state index contributed by atoms with van der Waals surface area (Å²) in [4.78, 5) is 20.3. The lowest BCUT2D eigenvalue weighted by Gasteiger charge is -2.21. The van der Waals surface area contributed by atoms with Crippen LogP contribution >= 0.6 is 0 Å². The number of rotatable bonds is 3. The van der Waals surface area contributed by atoms with E-state index in [2.05, 4.69) is 120 Å². The topological polar surface area (TPSA) is 51.6 Å². The largest absolute Gasteiger partial charge is 0.232 e. The second-order valence-electron chi connectivity index (χ2n) is 12.5. The molecular formula is C36H34N4. The van der Waals surface area contributed by atoms with E-state index in [1.807, 2.05) is 18.2 Å². The van der Waals surface area contributed by atoms with E-state index in [0.29, 0.717) is 0 Å². The summed E-state index contributed by atoms with van der Waals surface area (Å²) in [5, 5.41) is 3.42. The molecule has 4 nitrogen and oxygen atoms in total. The van der Waals surface area contributed by atoms with Gasteiger partial charge in [-0.25, -0.2) is 19.9 Å². The van der Waals surface area contributed by atoms with Crippen molar-refractivity contribution in [2.45, 2.75) is 52.4 Å². The Morgan fingerprint density at radius 3 is 1.90 bits per heavy atom. The molecule has 2 aromatic heterocycles. The third-order valence-corrected chi connectivity index (χ3v) is 7.24. The van der Waals surface area contributed by atoms with E-state index in [1.165, 1.54) is 5.39 Å². The molecule has 0 aliphatic rings. The zero-order valence-electron chi connectivity index (χ0n) is 24.0. The van der Waals surface area contributed by atoms with Crippen LogP contribution in [-0.4, -0.2) is 19.9 Å². The summed E-state index contributed by atoms with van der Waals surface area (Å²) in [6.07, 6.45) is 0. The van der Waals surface area contributed by atoms with Crippen LogP contribution in [-0.2, 0) is 10.8 Å². The second-order valence-corrected chi connectivity index (χ2v) is 12.5. The molecular weight excluding hydrogens is 488 g/mol. The maximum Gasteiger partial charge on any atom is 0.160 e. The predicted molar refractivity (Wildman–Crippen MR) is 166 cm³/mol. The highest BCUT2D eigenvalue weighted by Gasteiger charge is 2.23. The summed E-state index contributed by atoms with van der Waals surface area (Å²) in [7, 11) is 0. The number of hydrogen-bond donors (Lipinski definition) is 0. The van der Waals surface area contributed by atoms with Gasteiger partial charge in [-0.3, -0.25) is 0 Å². The van der Waals surface area contributed by atoms with Gasteiger partial charge in [-0.05, 0) is 17.5 Å². The maximum absolute atomic E-state index is 5.16. The van der Waals surface area contributed by atoms with E-state index in [9.17, 15) is 0 Å². The minimum Gasteiger partial charge on any atom is -0.232 e. The Labute approximate surface area is 236 Å². The normalized spacial score (nSPS) is 12.2. The van der Waals surface area contributed by atoms with Crippen LogP contribution in [0.5, 0.6) is 0 Å². The van der Waals surface area contributed by atoms with E-state index in [4.69, 9.17) is 19.9 Å². The minimum atomic E-state index is -0.144. The molecule has 0 bridgehead atoms. The summed E-state index contributed by atoms with van der Waals surface area (Å²) >= 11 is 0. The van der Waals surface area contributed by atoms with Crippen molar-refractivity contribution in [1.29, 1.82) is 0 Å².